The molecule has 1 rings (SSSR count). The van der Waals surface area contributed by atoms with E-state index in [4.69, 9.17) is 0 Å². The van der Waals surface area contributed by atoms with Gasteiger partial charge in [-0.3, -0.25) is 9.63 Å². The number of ether oxygens (including phenoxy) is 1. The molecule has 0 spiro atoms. The summed E-state index contributed by atoms with van der Waals surface area (Å²) < 4.78 is 4.50. The molecule has 0 aliphatic rings. The van der Waals surface area contributed by atoms with Crippen molar-refractivity contribution in [1.29, 1.82) is 0 Å². The highest BCUT2D eigenvalue weighted by atomic mass is 16.8. The van der Waals surface area contributed by atoms with Gasteiger partial charge in [0.25, 0.3) is 0 Å². The van der Waals surface area contributed by atoms with Gasteiger partial charge in [-0.2, -0.15) is 0 Å². The van der Waals surface area contributed by atoms with E-state index in [1.165, 1.54) is 6.92 Å². The summed E-state index contributed by atoms with van der Waals surface area (Å²) in [5.41, 5.74) is 0.575. The van der Waals surface area contributed by atoms with E-state index >= 15 is 0 Å². The lowest BCUT2D eigenvalue weighted by Gasteiger charge is -2.00. The van der Waals surface area contributed by atoms with Crippen LogP contribution < -0.4 is 0 Å². The summed E-state index contributed by atoms with van der Waals surface area (Å²) in [6.07, 6.45) is -0.923. The number of hydrogen-bond acceptors (Lipinski definition) is 5. The van der Waals surface area contributed by atoms with E-state index in [1.807, 2.05) is 0 Å². The maximum atomic E-state index is 11.8. The summed E-state index contributed by atoms with van der Waals surface area (Å²) in [7, 11) is 0. The number of rotatable bonds is 4. The van der Waals surface area contributed by atoms with Gasteiger partial charge in [0.15, 0.2) is 0 Å². The van der Waals surface area contributed by atoms with Crippen molar-refractivity contribution in [2.75, 3.05) is 6.61 Å². The molecule has 0 bridgehead atoms. The zero-order valence-electron chi connectivity index (χ0n) is 9.67. The highest BCUT2D eigenvalue weighted by molar-refractivity contribution is 6.45. The summed E-state index contributed by atoms with van der Waals surface area (Å²) >= 11 is 0. The molecular formula is C12H13NO4. The second-order valence-electron chi connectivity index (χ2n) is 3.15. The maximum Gasteiger partial charge on any atom is 0.535 e. The molecule has 0 amide bonds. The van der Waals surface area contributed by atoms with Crippen LogP contribution in [-0.2, 0) is 9.57 Å². The molecule has 1 aromatic carbocycles. The van der Waals surface area contributed by atoms with E-state index < -0.39 is 6.16 Å². The predicted octanol–water partition coefficient (Wildman–Crippen LogP) is 2.42. The highest BCUT2D eigenvalue weighted by Crippen LogP contribution is 2.02. The molecule has 90 valence electrons. The molecule has 0 heterocycles. The minimum absolute atomic E-state index is 0.0873. The topological polar surface area (TPSA) is 65.0 Å². The number of ketones is 1. The third-order valence-corrected chi connectivity index (χ3v) is 1.88. The summed E-state index contributed by atoms with van der Waals surface area (Å²) in [4.78, 5) is 27.0. The normalized spacial score (nSPS) is 10.8. The molecule has 0 fully saturated rings. The Morgan fingerprint density at radius 3 is 2.47 bits per heavy atom. The number of oxime groups is 1. The van der Waals surface area contributed by atoms with Gasteiger partial charge < -0.3 is 4.74 Å². The van der Waals surface area contributed by atoms with Crippen molar-refractivity contribution in [3.8, 4) is 0 Å². The van der Waals surface area contributed by atoms with E-state index in [-0.39, 0.29) is 18.1 Å². The molecule has 0 saturated carbocycles. The van der Waals surface area contributed by atoms with Crippen molar-refractivity contribution in [2.24, 2.45) is 5.16 Å². The molecule has 0 aliphatic heterocycles. The number of Topliss-reactive ketones (excluding diaryl/α,β-unsaturated/α-hetero) is 1. The minimum atomic E-state index is -0.923. The van der Waals surface area contributed by atoms with Crippen LogP contribution in [0.15, 0.2) is 35.5 Å². The fraction of sp³-hybridized carbons (Fsp3) is 0.250. The van der Waals surface area contributed by atoms with Crippen LogP contribution in [0.5, 0.6) is 0 Å². The van der Waals surface area contributed by atoms with Crippen molar-refractivity contribution in [3.05, 3.63) is 35.9 Å². The first-order valence-electron chi connectivity index (χ1n) is 5.13. The van der Waals surface area contributed by atoms with Crippen molar-refractivity contribution >= 4 is 17.7 Å². The average Bonchev–Trinajstić information content (AvgIpc) is 2.36. The summed E-state index contributed by atoms with van der Waals surface area (Å²) in [6.45, 7) is 3.31. The second-order valence-corrected chi connectivity index (χ2v) is 3.15. The Morgan fingerprint density at radius 2 is 1.88 bits per heavy atom. The van der Waals surface area contributed by atoms with E-state index in [0.717, 1.165) is 0 Å². The number of carbonyl (C=O) groups is 2. The lowest BCUT2D eigenvalue weighted by molar-refractivity contribution is 0.0610. The van der Waals surface area contributed by atoms with Crippen molar-refractivity contribution in [1.82, 2.24) is 0 Å². The lowest BCUT2D eigenvalue weighted by atomic mass is 10.1. The van der Waals surface area contributed by atoms with Gasteiger partial charge >= 0.3 is 6.16 Å². The first-order chi connectivity index (χ1) is 8.15. The summed E-state index contributed by atoms with van der Waals surface area (Å²) in [5.74, 6) is -0.296. The van der Waals surface area contributed by atoms with Crippen molar-refractivity contribution in [2.45, 2.75) is 13.8 Å². The van der Waals surface area contributed by atoms with Crippen LogP contribution in [0.25, 0.3) is 0 Å². The van der Waals surface area contributed by atoms with E-state index in [9.17, 15) is 9.59 Å². The van der Waals surface area contributed by atoms with Crippen LogP contribution in [-0.4, -0.2) is 24.3 Å². The molecule has 0 atom stereocenters. The van der Waals surface area contributed by atoms with Gasteiger partial charge in [-0.25, -0.2) is 4.79 Å². The first-order valence-corrected chi connectivity index (χ1v) is 5.13. The summed E-state index contributed by atoms with van der Waals surface area (Å²) in [6, 6.07) is 8.61. The van der Waals surface area contributed by atoms with E-state index in [0.29, 0.717) is 5.56 Å². The van der Waals surface area contributed by atoms with Crippen LogP contribution in [0.2, 0.25) is 0 Å². The van der Waals surface area contributed by atoms with Crippen molar-refractivity contribution in [3.63, 3.8) is 0 Å². The number of hydrogen-bond donors (Lipinski definition) is 0. The zero-order valence-corrected chi connectivity index (χ0v) is 9.67. The molecule has 1 aromatic rings. The fourth-order valence-electron chi connectivity index (χ4n) is 1.09. The lowest BCUT2D eigenvalue weighted by Crippen LogP contribution is -2.12. The maximum absolute atomic E-state index is 11.8. The molecule has 0 saturated heterocycles. The smallest absolute Gasteiger partial charge is 0.433 e. The van der Waals surface area contributed by atoms with Crippen LogP contribution in [0.3, 0.4) is 0 Å². The first kappa shape index (κ1) is 12.9. The zero-order chi connectivity index (χ0) is 12.7. The number of benzene rings is 1. The molecule has 17 heavy (non-hydrogen) atoms. The molecule has 0 aromatic heterocycles. The van der Waals surface area contributed by atoms with Crippen molar-refractivity contribution < 1.29 is 19.2 Å². The fourth-order valence-corrected chi connectivity index (χ4v) is 1.09. The van der Waals surface area contributed by atoms with Gasteiger partial charge in [0.2, 0.25) is 5.78 Å². The van der Waals surface area contributed by atoms with Crippen LogP contribution in [0.1, 0.15) is 24.2 Å². The Kier molecular flexibility index (Phi) is 4.87. The van der Waals surface area contributed by atoms with Gasteiger partial charge in [-0.1, -0.05) is 35.5 Å². The largest absolute Gasteiger partial charge is 0.535 e. The third kappa shape index (κ3) is 4.06. The van der Waals surface area contributed by atoms with Crippen LogP contribution in [0.4, 0.5) is 4.79 Å². The molecule has 5 nitrogen and oxygen atoms in total. The Morgan fingerprint density at radius 1 is 1.24 bits per heavy atom. The van der Waals surface area contributed by atoms with E-state index in [1.54, 1.807) is 37.3 Å². The minimum Gasteiger partial charge on any atom is -0.433 e. The SMILES string of the molecule is CCOC(=O)O/N=C(/C)C(=O)c1ccccc1. The van der Waals surface area contributed by atoms with Crippen LogP contribution >= 0.6 is 0 Å². The molecular weight excluding hydrogens is 222 g/mol. The van der Waals surface area contributed by atoms with E-state index in [2.05, 4.69) is 14.7 Å². The predicted molar refractivity (Wildman–Crippen MR) is 62.0 cm³/mol. The Balaban J connectivity index is 2.64. The molecule has 0 unspecified atom stereocenters. The highest BCUT2D eigenvalue weighted by Gasteiger charge is 2.10. The standard InChI is InChI=1S/C12H13NO4/c1-3-16-12(15)17-13-9(2)11(14)10-7-5-4-6-8-10/h4-8H,3H2,1-2H3/b13-9-. The molecule has 0 radical (unpaired) electrons. The Hall–Kier alpha value is -2.17. The Bertz CT molecular complexity index is 425. The number of nitrogens with zero attached hydrogens (tertiary/aromatic N) is 1. The van der Waals surface area contributed by atoms with Gasteiger partial charge in [0, 0.05) is 5.56 Å². The average molecular weight is 235 g/mol. The number of carbonyl (C=O) groups excluding carboxylic acids is 2. The molecule has 5 heteroatoms. The summed E-state index contributed by atoms with van der Waals surface area (Å²) in [5, 5.41) is 3.41. The molecule has 0 aliphatic carbocycles. The third-order valence-electron chi connectivity index (χ3n) is 1.88. The van der Waals surface area contributed by atoms with Crippen LogP contribution in [0, 0.1) is 0 Å². The molecule has 0 N–H and O–H groups in total. The second kappa shape index (κ2) is 6.42. The Labute approximate surface area is 99.0 Å². The monoisotopic (exact) mass is 235 g/mol. The van der Waals surface area contributed by atoms with Gasteiger partial charge in [0.05, 0.1) is 6.61 Å². The quantitative estimate of drug-likeness (QED) is 0.264. The van der Waals surface area contributed by atoms with Gasteiger partial charge in [-0.05, 0) is 13.8 Å². The van der Waals surface area contributed by atoms with Gasteiger partial charge in [0.1, 0.15) is 5.71 Å². The van der Waals surface area contributed by atoms with Gasteiger partial charge in [-0.15, -0.1) is 0 Å².